The maximum Gasteiger partial charge on any atom is 0.145 e. The maximum absolute atomic E-state index is 13.1. The number of nitrogens with two attached hydrogens (primary N) is 1. The zero-order valence-electron chi connectivity index (χ0n) is 21.2. The van der Waals surface area contributed by atoms with Crippen LogP contribution in [0.4, 0.5) is 15.8 Å². The molecule has 0 saturated carbocycles. The van der Waals surface area contributed by atoms with Crippen molar-refractivity contribution in [2.45, 2.75) is 26.4 Å². The third kappa shape index (κ3) is 9.24. The second kappa shape index (κ2) is 15.3. The highest BCUT2D eigenvalue weighted by atomic mass is 35.5. The Hall–Kier alpha value is -2.22. The number of nitrogen functional groups attached to an aromatic ring is 1. The van der Waals surface area contributed by atoms with E-state index in [0.717, 1.165) is 49.3 Å². The Morgan fingerprint density at radius 3 is 2.03 bits per heavy atom. The minimum absolute atomic E-state index is 0. The number of hydrogen-bond acceptors (Lipinski definition) is 5. The molecule has 1 aliphatic heterocycles. The van der Waals surface area contributed by atoms with Crippen molar-refractivity contribution in [3.05, 3.63) is 88.7 Å². The van der Waals surface area contributed by atoms with E-state index in [1.54, 1.807) is 0 Å². The van der Waals surface area contributed by atoms with E-state index >= 15 is 0 Å². The van der Waals surface area contributed by atoms with Gasteiger partial charge in [-0.25, -0.2) is 4.39 Å². The first-order chi connectivity index (χ1) is 16.4. The number of rotatable bonds is 8. The molecule has 3 N–H and O–H groups in total. The number of β-amino-alcohol motifs (C(OH)–C–C–N with tert-alkyl or cyclic N) is 1. The van der Waals surface area contributed by atoms with E-state index in [1.165, 1.54) is 23.4 Å². The summed E-state index contributed by atoms with van der Waals surface area (Å²) >= 11 is 0. The smallest absolute Gasteiger partial charge is 0.145 e. The average Bonchev–Trinajstić information content (AvgIpc) is 2.81. The van der Waals surface area contributed by atoms with Crippen molar-refractivity contribution in [2.75, 3.05) is 50.0 Å². The van der Waals surface area contributed by atoms with Gasteiger partial charge in [0, 0.05) is 38.4 Å². The molecule has 0 aliphatic carbocycles. The third-order valence-electron chi connectivity index (χ3n) is 6.33. The van der Waals surface area contributed by atoms with Gasteiger partial charge >= 0.3 is 0 Å². The average molecular weight is 573 g/mol. The highest BCUT2D eigenvalue weighted by molar-refractivity contribution is 5.86. The van der Waals surface area contributed by atoms with E-state index in [4.69, 9.17) is 10.5 Å². The van der Waals surface area contributed by atoms with Gasteiger partial charge in [-0.1, -0.05) is 30.3 Å². The van der Waals surface area contributed by atoms with Gasteiger partial charge in [-0.05, 0) is 72.9 Å². The summed E-state index contributed by atoms with van der Waals surface area (Å²) in [5, 5.41) is 10.5. The van der Waals surface area contributed by atoms with Crippen molar-refractivity contribution in [3.63, 3.8) is 0 Å². The number of benzene rings is 3. The molecule has 1 saturated heterocycles. The number of piperazine rings is 1. The fraction of sp³-hybridized carbons (Fsp3) is 0.357. The molecule has 0 spiro atoms. The van der Waals surface area contributed by atoms with Crippen LogP contribution in [0.3, 0.4) is 0 Å². The number of aliphatic hydroxyl groups excluding tert-OH is 1. The van der Waals surface area contributed by atoms with Crippen LogP contribution in [-0.2, 0) is 6.42 Å². The molecule has 9 heteroatoms. The van der Waals surface area contributed by atoms with Crippen LogP contribution in [-0.4, -0.2) is 55.4 Å². The Morgan fingerprint density at radius 1 is 0.892 bits per heavy atom. The Balaban J connectivity index is 0.00000228. The first-order valence-electron chi connectivity index (χ1n) is 11.9. The van der Waals surface area contributed by atoms with Crippen LogP contribution < -0.4 is 15.4 Å². The van der Waals surface area contributed by atoms with Gasteiger partial charge in [-0.2, -0.15) is 0 Å². The number of hydrogen-bond donors (Lipinski definition) is 2. The standard InChI is InChI=1S/C28H34FN3O2.3ClH/c1-20-15-21(2)28(27(30)16-20)34-19-26(33)18-31-11-13-32(14-12-31)25-9-5-23(6-10-25)17-22-3-7-24(29)8-4-22;;;/h3-10,15-16,26,33H,11-14,17-19,30H2,1-2H3;3*1H. The highest BCUT2D eigenvalue weighted by Crippen LogP contribution is 2.27. The molecule has 1 unspecified atom stereocenters. The minimum Gasteiger partial charge on any atom is -0.488 e. The van der Waals surface area contributed by atoms with Gasteiger partial charge in [-0.15, -0.1) is 37.2 Å². The minimum atomic E-state index is -0.572. The summed E-state index contributed by atoms with van der Waals surface area (Å²) in [7, 11) is 0. The monoisotopic (exact) mass is 571 g/mol. The predicted octanol–water partition coefficient (Wildman–Crippen LogP) is 5.44. The molecule has 0 radical (unpaired) electrons. The number of nitrogens with zero attached hydrogens (tertiary/aromatic N) is 2. The second-order valence-electron chi connectivity index (χ2n) is 9.22. The van der Waals surface area contributed by atoms with Crippen LogP contribution in [0.15, 0.2) is 60.7 Å². The lowest BCUT2D eigenvalue weighted by Gasteiger charge is -2.37. The van der Waals surface area contributed by atoms with Crippen molar-refractivity contribution >= 4 is 48.6 Å². The third-order valence-corrected chi connectivity index (χ3v) is 6.33. The molecule has 1 heterocycles. The van der Waals surface area contributed by atoms with Crippen LogP contribution >= 0.6 is 37.2 Å². The zero-order valence-corrected chi connectivity index (χ0v) is 23.7. The van der Waals surface area contributed by atoms with Gasteiger partial charge in [0.15, 0.2) is 0 Å². The predicted molar refractivity (Wildman–Crippen MR) is 158 cm³/mol. The largest absolute Gasteiger partial charge is 0.488 e. The van der Waals surface area contributed by atoms with Crippen molar-refractivity contribution in [3.8, 4) is 5.75 Å². The molecule has 0 amide bonds. The summed E-state index contributed by atoms with van der Waals surface area (Å²) in [4.78, 5) is 4.65. The SMILES string of the molecule is Cc1cc(C)c(OCC(O)CN2CCN(c3ccc(Cc4ccc(F)cc4)cc3)CC2)c(N)c1.Cl.Cl.Cl. The summed E-state index contributed by atoms with van der Waals surface area (Å²) in [5.74, 6) is 0.460. The van der Waals surface area contributed by atoms with Gasteiger partial charge in [-0.3, -0.25) is 4.90 Å². The van der Waals surface area contributed by atoms with E-state index in [0.29, 0.717) is 18.0 Å². The summed E-state index contributed by atoms with van der Waals surface area (Å²) in [6, 6.07) is 19.2. The molecule has 0 aromatic heterocycles. The Labute approximate surface area is 238 Å². The summed E-state index contributed by atoms with van der Waals surface area (Å²) < 4.78 is 18.9. The number of aliphatic hydroxyl groups is 1. The van der Waals surface area contributed by atoms with E-state index < -0.39 is 6.10 Å². The molecule has 0 bridgehead atoms. The quantitative estimate of drug-likeness (QED) is 0.352. The lowest BCUT2D eigenvalue weighted by atomic mass is 10.0. The highest BCUT2D eigenvalue weighted by Gasteiger charge is 2.20. The number of ether oxygens (including phenoxy) is 1. The van der Waals surface area contributed by atoms with Gasteiger partial charge < -0.3 is 20.5 Å². The van der Waals surface area contributed by atoms with E-state index in [2.05, 4.69) is 34.1 Å². The van der Waals surface area contributed by atoms with Gasteiger partial charge in [0.1, 0.15) is 24.3 Å². The molecule has 3 aromatic rings. The molecule has 5 nitrogen and oxygen atoms in total. The van der Waals surface area contributed by atoms with Crippen molar-refractivity contribution in [1.82, 2.24) is 4.90 Å². The van der Waals surface area contributed by atoms with Crippen LogP contribution in [0, 0.1) is 19.7 Å². The molecule has 3 aromatic carbocycles. The molecular formula is C28H37Cl3FN3O2. The summed E-state index contributed by atoms with van der Waals surface area (Å²) in [6.07, 6.45) is 0.222. The number of anilines is 2. The lowest BCUT2D eigenvalue weighted by Crippen LogP contribution is -2.49. The number of halogens is 4. The van der Waals surface area contributed by atoms with Crippen molar-refractivity contribution < 1.29 is 14.2 Å². The fourth-order valence-corrected chi connectivity index (χ4v) is 4.57. The summed E-state index contributed by atoms with van der Waals surface area (Å²) in [6.45, 7) is 8.38. The Morgan fingerprint density at radius 2 is 1.46 bits per heavy atom. The zero-order chi connectivity index (χ0) is 24.1. The van der Waals surface area contributed by atoms with Gasteiger partial charge in [0.2, 0.25) is 0 Å². The first-order valence-corrected chi connectivity index (χ1v) is 11.9. The normalized spacial score (nSPS) is 14.1. The van der Waals surface area contributed by atoms with Crippen molar-refractivity contribution in [1.29, 1.82) is 0 Å². The van der Waals surface area contributed by atoms with E-state index in [9.17, 15) is 9.50 Å². The van der Waals surface area contributed by atoms with Crippen LogP contribution in [0.2, 0.25) is 0 Å². The second-order valence-corrected chi connectivity index (χ2v) is 9.22. The maximum atomic E-state index is 13.1. The van der Waals surface area contributed by atoms with Gasteiger partial charge in [0.05, 0.1) is 5.69 Å². The van der Waals surface area contributed by atoms with Crippen LogP contribution in [0.1, 0.15) is 22.3 Å². The molecule has 1 fully saturated rings. The fourth-order valence-electron chi connectivity index (χ4n) is 4.57. The Kier molecular flexibility index (Phi) is 13.5. The topological polar surface area (TPSA) is 62.0 Å². The van der Waals surface area contributed by atoms with Crippen LogP contribution in [0.5, 0.6) is 5.75 Å². The van der Waals surface area contributed by atoms with Crippen LogP contribution in [0.25, 0.3) is 0 Å². The van der Waals surface area contributed by atoms with E-state index in [1.807, 2.05) is 38.1 Å². The molecule has 4 rings (SSSR count). The molecule has 204 valence electrons. The molecular weight excluding hydrogens is 536 g/mol. The first kappa shape index (κ1) is 32.8. The molecule has 1 aliphatic rings. The van der Waals surface area contributed by atoms with Gasteiger partial charge in [0.25, 0.3) is 0 Å². The lowest BCUT2D eigenvalue weighted by molar-refractivity contribution is 0.0663. The summed E-state index contributed by atoms with van der Waals surface area (Å²) in [5.41, 5.74) is 12.3. The molecule has 1 atom stereocenters. The molecule has 37 heavy (non-hydrogen) atoms. The number of aryl methyl sites for hydroxylation is 2. The Bertz CT molecular complexity index is 1070. The van der Waals surface area contributed by atoms with E-state index in [-0.39, 0.29) is 49.6 Å². The van der Waals surface area contributed by atoms with Crippen molar-refractivity contribution in [2.24, 2.45) is 0 Å².